The number of carbonyl (C=O) groups is 2. The summed E-state index contributed by atoms with van der Waals surface area (Å²) in [6.07, 6.45) is 0.662. The summed E-state index contributed by atoms with van der Waals surface area (Å²) in [7, 11) is 0. The molecule has 5 nitrogen and oxygen atoms in total. The van der Waals surface area contributed by atoms with Gasteiger partial charge in [0.25, 0.3) is 5.91 Å². The molecule has 0 spiro atoms. The molecular formula is C20H18ClN3O2S. The van der Waals surface area contributed by atoms with Crippen LogP contribution in [0.25, 0.3) is 0 Å². The number of rotatable bonds is 5. The third-order valence-corrected chi connectivity index (χ3v) is 5.45. The van der Waals surface area contributed by atoms with Gasteiger partial charge in [0.05, 0.1) is 5.56 Å². The van der Waals surface area contributed by atoms with Crippen LogP contribution >= 0.6 is 22.9 Å². The topological polar surface area (TPSA) is 84.2 Å². The molecule has 4 N–H and O–H groups in total. The number of hydrogen-bond donors (Lipinski definition) is 3. The fourth-order valence-corrected chi connectivity index (χ4v) is 4.16. The molecule has 0 fully saturated rings. The molecule has 0 saturated carbocycles. The average molecular weight is 400 g/mol. The van der Waals surface area contributed by atoms with Gasteiger partial charge in [0.1, 0.15) is 5.00 Å². The fourth-order valence-electron chi connectivity index (χ4n) is 2.73. The molecule has 0 bridgehead atoms. The maximum atomic E-state index is 12.3. The lowest BCUT2D eigenvalue weighted by molar-refractivity contribution is 0.100. The van der Waals surface area contributed by atoms with Gasteiger partial charge < -0.3 is 11.1 Å². The largest absolute Gasteiger partial charge is 0.365 e. The first-order valence-corrected chi connectivity index (χ1v) is 9.43. The summed E-state index contributed by atoms with van der Waals surface area (Å²) in [6, 6.07) is 16.3. The second-order valence-electron chi connectivity index (χ2n) is 5.97. The monoisotopic (exact) mass is 399 g/mol. The number of benzene rings is 2. The van der Waals surface area contributed by atoms with Crippen LogP contribution in [0, 0.1) is 6.92 Å². The average Bonchev–Trinajstić information content (AvgIpc) is 2.91. The molecule has 0 atom stereocenters. The van der Waals surface area contributed by atoms with Gasteiger partial charge >= 0.3 is 6.03 Å². The van der Waals surface area contributed by atoms with Crippen molar-refractivity contribution in [3.05, 3.63) is 81.2 Å². The molecule has 138 valence electrons. The van der Waals surface area contributed by atoms with E-state index in [1.807, 2.05) is 37.3 Å². The number of primary amides is 1. The molecule has 0 aliphatic rings. The molecule has 0 unspecified atom stereocenters. The highest BCUT2D eigenvalue weighted by Gasteiger charge is 2.21. The zero-order valence-electron chi connectivity index (χ0n) is 14.6. The van der Waals surface area contributed by atoms with Gasteiger partial charge in [0.15, 0.2) is 0 Å². The van der Waals surface area contributed by atoms with Gasteiger partial charge in [0.2, 0.25) is 0 Å². The van der Waals surface area contributed by atoms with Gasteiger partial charge in [-0.15, -0.1) is 11.3 Å². The van der Waals surface area contributed by atoms with Crippen molar-refractivity contribution in [3.8, 4) is 0 Å². The summed E-state index contributed by atoms with van der Waals surface area (Å²) in [6.45, 7) is 1.84. The Balaban J connectivity index is 1.82. The number of anilines is 2. The van der Waals surface area contributed by atoms with Crippen molar-refractivity contribution in [1.82, 2.24) is 0 Å². The quantitative estimate of drug-likeness (QED) is 0.561. The van der Waals surface area contributed by atoms with Crippen LogP contribution in [0.2, 0.25) is 5.02 Å². The summed E-state index contributed by atoms with van der Waals surface area (Å²) < 4.78 is 0. The highest BCUT2D eigenvalue weighted by Crippen LogP contribution is 2.34. The first-order valence-electron chi connectivity index (χ1n) is 8.23. The summed E-state index contributed by atoms with van der Waals surface area (Å²) >= 11 is 7.28. The van der Waals surface area contributed by atoms with Crippen molar-refractivity contribution in [3.63, 3.8) is 0 Å². The predicted octanol–water partition coefficient (Wildman–Crippen LogP) is 5.04. The van der Waals surface area contributed by atoms with Gasteiger partial charge in [-0.25, -0.2) is 4.79 Å². The number of thiophene rings is 1. The van der Waals surface area contributed by atoms with Crippen LogP contribution in [0.5, 0.6) is 0 Å². The SMILES string of the molecule is Cc1c(Cc2ccccc2)sc(NC(=O)Nc2cccc(Cl)c2)c1C(N)=O. The van der Waals surface area contributed by atoms with E-state index in [4.69, 9.17) is 17.3 Å². The molecule has 1 aromatic heterocycles. The van der Waals surface area contributed by atoms with Gasteiger partial charge in [-0.3, -0.25) is 10.1 Å². The molecular weight excluding hydrogens is 382 g/mol. The van der Waals surface area contributed by atoms with Crippen LogP contribution in [-0.2, 0) is 6.42 Å². The van der Waals surface area contributed by atoms with Crippen molar-refractivity contribution in [2.45, 2.75) is 13.3 Å². The minimum atomic E-state index is -0.568. The zero-order chi connectivity index (χ0) is 19.4. The van der Waals surface area contributed by atoms with Crippen molar-refractivity contribution in [2.24, 2.45) is 5.73 Å². The normalized spacial score (nSPS) is 10.4. The molecule has 7 heteroatoms. The minimum absolute atomic E-state index is 0.340. The third-order valence-electron chi connectivity index (χ3n) is 4.01. The van der Waals surface area contributed by atoms with Gasteiger partial charge in [-0.2, -0.15) is 0 Å². The number of nitrogens with two attached hydrogens (primary N) is 1. The maximum absolute atomic E-state index is 12.3. The molecule has 0 aliphatic heterocycles. The smallest absolute Gasteiger partial charge is 0.324 e. The van der Waals surface area contributed by atoms with E-state index in [0.717, 1.165) is 16.0 Å². The molecule has 1 heterocycles. The maximum Gasteiger partial charge on any atom is 0.324 e. The fraction of sp³-hybridized carbons (Fsp3) is 0.100. The van der Waals surface area contributed by atoms with Crippen LogP contribution in [0.15, 0.2) is 54.6 Å². The lowest BCUT2D eigenvalue weighted by Gasteiger charge is -2.07. The molecule has 3 aromatic rings. The molecule has 0 aliphatic carbocycles. The lowest BCUT2D eigenvalue weighted by atomic mass is 10.1. The van der Waals surface area contributed by atoms with Crippen LogP contribution in [0.3, 0.4) is 0 Å². The summed E-state index contributed by atoms with van der Waals surface area (Å²) in [4.78, 5) is 25.2. The van der Waals surface area contributed by atoms with Crippen molar-refractivity contribution >= 4 is 45.6 Å². The van der Waals surface area contributed by atoms with E-state index >= 15 is 0 Å². The Morgan fingerprint density at radius 2 is 1.81 bits per heavy atom. The van der Waals surface area contributed by atoms with Crippen molar-refractivity contribution in [1.29, 1.82) is 0 Å². The Morgan fingerprint density at radius 1 is 1.07 bits per heavy atom. The van der Waals surface area contributed by atoms with Gasteiger partial charge in [-0.1, -0.05) is 48.0 Å². The van der Waals surface area contributed by atoms with E-state index in [0.29, 0.717) is 27.7 Å². The van der Waals surface area contributed by atoms with E-state index in [1.54, 1.807) is 24.3 Å². The van der Waals surface area contributed by atoms with E-state index in [1.165, 1.54) is 11.3 Å². The number of urea groups is 1. The highest BCUT2D eigenvalue weighted by molar-refractivity contribution is 7.17. The van der Waals surface area contributed by atoms with E-state index < -0.39 is 11.9 Å². The number of halogens is 1. The van der Waals surface area contributed by atoms with Gasteiger partial charge in [0, 0.05) is 22.0 Å². The highest BCUT2D eigenvalue weighted by atomic mass is 35.5. The van der Waals surface area contributed by atoms with Crippen molar-refractivity contribution in [2.75, 3.05) is 10.6 Å². The lowest BCUT2D eigenvalue weighted by Crippen LogP contribution is -2.21. The van der Waals surface area contributed by atoms with E-state index in [9.17, 15) is 9.59 Å². The van der Waals surface area contributed by atoms with Crippen LogP contribution in [0.4, 0.5) is 15.5 Å². The van der Waals surface area contributed by atoms with E-state index in [2.05, 4.69) is 10.6 Å². The zero-order valence-corrected chi connectivity index (χ0v) is 16.2. The minimum Gasteiger partial charge on any atom is -0.365 e. The molecule has 3 amide bonds. The van der Waals surface area contributed by atoms with E-state index in [-0.39, 0.29) is 0 Å². The Bertz CT molecular complexity index is 986. The Labute approximate surface area is 166 Å². The van der Waals surface area contributed by atoms with Crippen LogP contribution < -0.4 is 16.4 Å². The Hall–Kier alpha value is -2.83. The summed E-state index contributed by atoms with van der Waals surface area (Å²) in [5.41, 5.74) is 8.35. The third kappa shape index (κ3) is 4.67. The van der Waals surface area contributed by atoms with Gasteiger partial charge in [-0.05, 0) is 36.2 Å². The first kappa shape index (κ1) is 18.9. The number of amides is 3. The molecule has 0 radical (unpaired) electrons. The predicted molar refractivity (Wildman–Crippen MR) is 111 cm³/mol. The molecule has 0 saturated heterocycles. The molecule has 3 rings (SSSR count). The van der Waals surface area contributed by atoms with Crippen molar-refractivity contribution < 1.29 is 9.59 Å². The van der Waals surface area contributed by atoms with Crippen LogP contribution in [-0.4, -0.2) is 11.9 Å². The summed E-state index contributed by atoms with van der Waals surface area (Å²) in [5.74, 6) is -0.568. The standard InChI is InChI=1S/C20H18ClN3O2S/c1-12-16(10-13-6-3-2-4-7-13)27-19(17(12)18(22)25)24-20(26)23-15-9-5-8-14(21)11-15/h2-9,11H,10H2,1H3,(H2,22,25)(H2,23,24,26). The second kappa shape index (κ2) is 8.24. The molecule has 27 heavy (non-hydrogen) atoms. The first-order chi connectivity index (χ1) is 12.9. The Morgan fingerprint density at radius 3 is 2.48 bits per heavy atom. The molecule has 2 aromatic carbocycles. The van der Waals surface area contributed by atoms with Crippen LogP contribution in [0.1, 0.15) is 26.4 Å². The number of nitrogens with one attached hydrogen (secondary N) is 2. The number of carbonyl (C=O) groups excluding carboxylic acids is 2. The number of hydrogen-bond acceptors (Lipinski definition) is 3. The Kier molecular flexibility index (Phi) is 5.78. The summed E-state index contributed by atoms with van der Waals surface area (Å²) in [5, 5.41) is 6.38. The second-order valence-corrected chi connectivity index (χ2v) is 7.51.